The summed E-state index contributed by atoms with van der Waals surface area (Å²) in [5.74, 6) is 6.92. The number of hydrogen-bond acceptors (Lipinski definition) is 3. The molecule has 0 aliphatic carbocycles. The molecule has 3 aromatic heterocycles. The Bertz CT molecular complexity index is 2360. The third kappa shape index (κ3) is 8.15. The first kappa shape index (κ1) is 32.4. The minimum atomic E-state index is -1.86. The predicted molar refractivity (Wildman–Crippen MR) is 206 cm³/mol. The Morgan fingerprint density at radius 1 is 0.735 bits per heavy atom. The maximum absolute atomic E-state index is 7.65. The molecule has 0 aliphatic rings. The van der Waals surface area contributed by atoms with E-state index >= 15 is 0 Å². The maximum Gasteiger partial charge on any atom is 0 e. The van der Waals surface area contributed by atoms with Crippen LogP contribution in [0.1, 0.15) is 47.1 Å². The van der Waals surface area contributed by atoms with Crippen molar-refractivity contribution >= 4 is 39.6 Å². The van der Waals surface area contributed by atoms with Crippen LogP contribution >= 0.6 is 0 Å². The van der Waals surface area contributed by atoms with Gasteiger partial charge in [0.25, 0.3) is 0 Å². The molecule has 7 aromatic rings. The molecule has 49 heavy (non-hydrogen) atoms. The van der Waals surface area contributed by atoms with E-state index in [0.29, 0.717) is 11.3 Å². The molecule has 0 N–H and O–H groups in total. The first-order valence-corrected chi connectivity index (χ1v) is 23.7. The van der Waals surface area contributed by atoms with Crippen LogP contribution in [0.25, 0.3) is 55.6 Å². The summed E-state index contributed by atoms with van der Waals surface area (Å²) in [5, 5.41) is 2.22. The molecule has 5 heteroatoms. The van der Waals surface area contributed by atoms with Gasteiger partial charge in [0.1, 0.15) is 5.58 Å². The number of benzene rings is 4. The van der Waals surface area contributed by atoms with Crippen molar-refractivity contribution in [3.05, 3.63) is 138 Å². The fourth-order valence-electron chi connectivity index (χ4n) is 6.12. The number of nitrogens with zero attached hydrogens (tertiary/aromatic N) is 2. The third-order valence-corrected chi connectivity index (χ3v) is 13.0. The quantitative estimate of drug-likeness (QED) is 0.131. The number of rotatable bonds is 4. The number of aromatic nitrogens is 2. The van der Waals surface area contributed by atoms with Crippen LogP contribution in [0.5, 0.6) is 0 Å². The van der Waals surface area contributed by atoms with Gasteiger partial charge in [0, 0.05) is 31.7 Å². The van der Waals surface area contributed by atoms with Crippen molar-refractivity contribution in [1.82, 2.24) is 9.97 Å². The molecule has 0 aliphatic heterocycles. The number of fused-ring (bicyclic) bond motifs is 3. The zero-order valence-corrected chi connectivity index (χ0v) is 34.2. The molecule has 4 aromatic carbocycles. The van der Waals surface area contributed by atoms with E-state index in [0.717, 1.165) is 33.2 Å². The second-order valence-electron chi connectivity index (χ2n) is 14.7. The fourth-order valence-corrected chi connectivity index (χ4v) is 8.29. The third-order valence-electron chi connectivity index (χ3n) is 8.73. The Morgan fingerprint density at radius 2 is 1.49 bits per heavy atom. The summed E-state index contributed by atoms with van der Waals surface area (Å²) in [4.78, 5) is 9.03. The topological polar surface area (TPSA) is 38.9 Å². The largest absolute Gasteiger partial charge is 0 e. The molecule has 3 nitrogen and oxygen atoms in total. The van der Waals surface area contributed by atoms with Crippen molar-refractivity contribution in [3.8, 4) is 33.6 Å². The molecular formula is C44H44GeIrN2O-2. The van der Waals surface area contributed by atoms with Crippen LogP contribution in [0.2, 0.25) is 17.3 Å². The summed E-state index contributed by atoms with van der Waals surface area (Å²) in [6.07, 6.45) is 3.78. The van der Waals surface area contributed by atoms with Crippen molar-refractivity contribution in [2.75, 3.05) is 0 Å². The molecule has 0 bridgehead atoms. The van der Waals surface area contributed by atoms with E-state index in [1.54, 1.807) is 6.07 Å². The molecular weight excluding hydrogens is 837 g/mol. The Balaban J connectivity index is 0.000000225. The van der Waals surface area contributed by atoms with Crippen molar-refractivity contribution in [3.63, 3.8) is 0 Å². The van der Waals surface area contributed by atoms with E-state index in [1.807, 2.05) is 24.5 Å². The van der Waals surface area contributed by atoms with Crippen molar-refractivity contribution in [2.24, 2.45) is 0 Å². The van der Waals surface area contributed by atoms with E-state index < -0.39 is 13.3 Å². The molecule has 0 spiro atoms. The normalized spacial score (nSPS) is 12.5. The van der Waals surface area contributed by atoms with E-state index in [2.05, 4.69) is 136 Å². The molecule has 0 saturated carbocycles. The van der Waals surface area contributed by atoms with E-state index in [1.165, 1.54) is 37.8 Å². The Labute approximate surface area is 312 Å². The summed E-state index contributed by atoms with van der Waals surface area (Å²) in [6, 6.07) is 31.0. The van der Waals surface area contributed by atoms with Crippen LogP contribution in [0.3, 0.4) is 0 Å². The van der Waals surface area contributed by atoms with Crippen molar-refractivity contribution in [1.29, 1.82) is 0 Å². The van der Waals surface area contributed by atoms with Crippen LogP contribution in [-0.2, 0) is 25.5 Å². The SMILES string of the molecule is Cc1cc(C)c(-c2ccc3c(c2)oc2c[c-]c(-c4cc(C(C)(C)C)ccn4)cc23)c(C)c1.[2H]c1[c-]c(-c2cc[c]([Ge]([CH3])([CH3])[CH3])cn2)cc([2H])c1[2H].[Ir]. The minimum Gasteiger partial charge on any atom is 0 e. The fraction of sp³-hybridized carbons (Fsp3) is 0.227. The van der Waals surface area contributed by atoms with Gasteiger partial charge in [0.05, 0.1) is 5.58 Å². The maximum atomic E-state index is 7.65. The first-order chi connectivity index (χ1) is 24.0. The molecule has 7 rings (SSSR count). The molecule has 0 atom stereocenters. The van der Waals surface area contributed by atoms with E-state index in [9.17, 15) is 0 Å². The Hall–Kier alpha value is -3.83. The van der Waals surface area contributed by atoms with Gasteiger partial charge < -0.3 is 9.40 Å². The second kappa shape index (κ2) is 14.6. The van der Waals surface area contributed by atoms with Crippen LogP contribution < -0.4 is 4.40 Å². The smallest absolute Gasteiger partial charge is 0 e. The van der Waals surface area contributed by atoms with Crippen LogP contribution in [-0.4, -0.2) is 23.2 Å². The zero-order chi connectivity index (χ0) is 36.8. The van der Waals surface area contributed by atoms with E-state index in [4.69, 9.17) is 8.53 Å². The number of aryl methyl sites for hydroxylation is 3. The molecule has 0 amide bonds. The van der Waals surface area contributed by atoms with Gasteiger partial charge in [0.2, 0.25) is 0 Å². The number of furan rings is 1. The van der Waals surface area contributed by atoms with Gasteiger partial charge in [-0.3, -0.25) is 0 Å². The zero-order valence-electron chi connectivity index (χ0n) is 32.7. The molecule has 3 heterocycles. The van der Waals surface area contributed by atoms with Gasteiger partial charge >= 0.3 is 104 Å². The number of pyridine rings is 2. The van der Waals surface area contributed by atoms with Crippen molar-refractivity contribution < 1.29 is 28.6 Å². The monoisotopic (exact) mass is 886 g/mol. The standard InChI is InChI=1S/C30H28NO.C14H16GeN.Ir/c1-18-13-19(2)29(20(3)14-18)22-7-9-24-25-15-21(8-10-27(25)32-28(24)16-22)26-17-23(11-12-31-26)30(4,5)6;1-15(2,3)13-9-10-14(16-11-13)12-7-5-4-6-8-12;/h7,9-17H,1-6H3;4-7,9-11H,1-3H3;/q2*-1;/i;4D,5D,6D;. The van der Waals surface area contributed by atoms with Crippen molar-refractivity contribution in [2.45, 2.75) is 64.2 Å². The minimum absolute atomic E-state index is 0. The van der Waals surface area contributed by atoms with E-state index in [-0.39, 0.29) is 43.6 Å². The Kier molecular flexibility index (Phi) is 9.63. The molecule has 251 valence electrons. The summed E-state index contributed by atoms with van der Waals surface area (Å²) in [7, 11) is 0. The molecule has 1 radical (unpaired) electrons. The van der Waals surface area contributed by atoms with Gasteiger partial charge in [-0.15, -0.1) is 23.8 Å². The molecule has 0 fully saturated rings. The van der Waals surface area contributed by atoms with Crippen LogP contribution in [0.15, 0.2) is 108 Å². The van der Waals surface area contributed by atoms with Gasteiger partial charge in [0.15, 0.2) is 0 Å². The second-order valence-corrected chi connectivity index (χ2v) is 25.3. The van der Waals surface area contributed by atoms with Crippen LogP contribution in [0.4, 0.5) is 0 Å². The average molecular weight is 885 g/mol. The first-order valence-electron chi connectivity index (χ1n) is 17.9. The summed E-state index contributed by atoms with van der Waals surface area (Å²) >= 11 is -1.86. The van der Waals surface area contributed by atoms with Crippen LogP contribution in [0, 0.1) is 32.9 Å². The van der Waals surface area contributed by atoms with Gasteiger partial charge in [-0.05, 0) is 71.8 Å². The van der Waals surface area contributed by atoms with Gasteiger partial charge in [-0.25, -0.2) is 0 Å². The average Bonchev–Trinajstić information content (AvgIpc) is 3.43. The summed E-state index contributed by atoms with van der Waals surface area (Å²) in [5.41, 5.74) is 12.7. The predicted octanol–water partition coefficient (Wildman–Crippen LogP) is 11.4. The number of hydrogen-bond donors (Lipinski definition) is 0. The molecule has 0 saturated heterocycles. The molecule has 0 unspecified atom stereocenters. The Morgan fingerprint density at radius 3 is 2.14 bits per heavy atom. The van der Waals surface area contributed by atoms with Gasteiger partial charge in [-0.2, -0.15) is 0 Å². The summed E-state index contributed by atoms with van der Waals surface area (Å²) in [6.45, 7) is 13.2. The summed E-state index contributed by atoms with van der Waals surface area (Å²) < 4.78 is 30.3. The van der Waals surface area contributed by atoms with Gasteiger partial charge in [-0.1, -0.05) is 62.1 Å².